The van der Waals surface area contributed by atoms with E-state index in [2.05, 4.69) is 42.6 Å². The Kier molecular flexibility index (Phi) is 6.10. The van der Waals surface area contributed by atoms with Gasteiger partial charge in [0.25, 0.3) is 0 Å². The Hall–Kier alpha value is -0.820. The molecule has 0 aliphatic carbocycles. The SMILES string of the molecule is CCC(CCCc1ccccc1)CNC. The van der Waals surface area contributed by atoms with Crippen molar-refractivity contribution < 1.29 is 0 Å². The quantitative estimate of drug-likeness (QED) is 0.720. The van der Waals surface area contributed by atoms with Crippen molar-refractivity contribution in [2.24, 2.45) is 5.92 Å². The maximum atomic E-state index is 3.27. The Morgan fingerprint density at radius 1 is 1.20 bits per heavy atom. The van der Waals surface area contributed by atoms with Gasteiger partial charge in [0.1, 0.15) is 0 Å². The zero-order valence-electron chi connectivity index (χ0n) is 10.00. The van der Waals surface area contributed by atoms with E-state index in [0.717, 1.165) is 12.5 Å². The summed E-state index contributed by atoms with van der Waals surface area (Å²) >= 11 is 0. The summed E-state index contributed by atoms with van der Waals surface area (Å²) in [5.41, 5.74) is 1.47. The van der Waals surface area contributed by atoms with Crippen LogP contribution in [0.2, 0.25) is 0 Å². The minimum absolute atomic E-state index is 0.846. The molecule has 1 nitrogen and oxygen atoms in total. The van der Waals surface area contributed by atoms with Gasteiger partial charge in [0.2, 0.25) is 0 Å². The molecular weight excluding hydrogens is 182 g/mol. The molecule has 0 aliphatic heterocycles. The molecule has 0 fully saturated rings. The van der Waals surface area contributed by atoms with Crippen LogP contribution < -0.4 is 5.32 Å². The maximum absolute atomic E-state index is 3.27. The first-order valence-corrected chi connectivity index (χ1v) is 6.05. The summed E-state index contributed by atoms with van der Waals surface area (Å²) in [4.78, 5) is 0. The van der Waals surface area contributed by atoms with Gasteiger partial charge in [-0.15, -0.1) is 0 Å². The van der Waals surface area contributed by atoms with Crippen molar-refractivity contribution >= 4 is 0 Å². The predicted octanol–water partition coefficient (Wildman–Crippen LogP) is 3.25. The van der Waals surface area contributed by atoms with Crippen molar-refractivity contribution in [2.75, 3.05) is 13.6 Å². The van der Waals surface area contributed by atoms with Crippen LogP contribution in [0.15, 0.2) is 30.3 Å². The molecular formula is C14H23N. The molecule has 1 aromatic carbocycles. The summed E-state index contributed by atoms with van der Waals surface area (Å²) in [5.74, 6) is 0.846. The molecule has 1 unspecified atom stereocenters. The molecule has 1 aromatic rings. The van der Waals surface area contributed by atoms with E-state index in [1.807, 2.05) is 7.05 Å². The van der Waals surface area contributed by atoms with Crippen LogP contribution in [0.1, 0.15) is 31.7 Å². The average molecular weight is 205 g/mol. The summed E-state index contributed by atoms with van der Waals surface area (Å²) in [6.45, 7) is 3.44. The standard InChI is InChI=1S/C14H23N/c1-3-13(12-15-2)10-7-11-14-8-5-4-6-9-14/h4-6,8-9,13,15H,3,7,10-12H2,1-2H3. The van der Waals surface area contributed by atoms with E-state index >= 15 is 0 Å². The number of hydrogen-bond acceptors (Lipinski definition) is 1. The van der Waals surface area contributed by atoms with Crippen LogP contribution >= 0.6 is 0 Å². The number of benzene rings is 1. The molecule has 15 heavy (non-hydrogen) atoms. The van der Waals surface area contributed by atoms with Gasteiger partial charge in [-0.1, -0.05) is 43.7 Å². The van der Waals surface area contributed by atoms with E-state index in [1.165, 1.54) is 31.2 Å². The van der Waals surface area contributed by atoms with Crippen LogP contribution in [0, 0.1) is 5.92 Å². The lowest BCUT2D eigenvalue weighted by molar-refractivity contribution is 0.437. The number of nitrogens with one attached hydrogen (secondary N) is 1. The van der Waals surface area contributed by atoms with E-state index < -0.39 is 0 Å². The summed E-state index contributed by atoms with van der Waals surface area (Å²) in [7, 11) is 2.04. The molecule has 0 amide bonds. The second-order valence-electron chi connectivity index (χ2n) is 4.21. The molecule has 0 heterocycles. The van der Waals surface area contributed by atoms with Crippen LogP contribution in [-0.2, 0) is 6.42 Å². The molecule has 0 saturated heterocycles. The summed E-state index contributed by atoms with van der Waals surface area (Å²) < 4.78 is 0. The van der Waals surface area contributed by atoms with Crippen molar-refractivity contribution in [3.8, 4) is 0 Å². The van der Waals surface area contributed by atoms with Crippen LogP contribution in [0.5, 0.6) is 0 Å². The second-order valence-corrected chi connectivity index (χ2v) is 4.21. The average Bonchev–Trinajstić information content (AvgIpc) is 2.29. The first kappa shape index (κ1) is 12.3. The van der Waals surface area contributed by atoms with Gasteiger partial charge >= 0.3 is 0 Å². The summed E-state index contributed by atoms with van der Waals surface area (Å²) in [6.07, 6.45) is 5.16. The fourth-order valence-electron chi connectivity index (χ4n) is 1.98. The minimum atomic E-state index is 0.846. The molecule has 1 atom stereocenters. The Bertz CT molecular complexity index is 243. The Balaban J connectivity index is 2.20. The topological polar surface area (TPSA) is 12.0 Å². The highest BCUT2D eigenvalue weighted by atomic mass is 14.8. The van der Waals surface area contributed by atoms with Crippen LogP contribution in [0.3, 0.4) is 0 Å². The van der Waals surface area contributed by atoms with Crippen LogP contribution in [0.4, 0.5) is 0 Å². The molecule has 0 bridgehead atoms. The molecule has 0 radical (unpaired) electrons. The van der Waals surface area contributed by atoms with Crippen LogP contribution in [0.25, 0.3) is 0 Å². The van der Waals surface area contributed by atoms with E-state index in [-0.39, 0.29) is 0 Å². The van der Waals surface area contributed by atoms with E-state index in [0.29, 0.717) is 0 Å². The first-order chi connectivity index (χ1) is 7.36. The van der Waals surface area contributed by atoms with Gasteiger partial charge in [0, 0.05) is 0 Å². The smallest absolute Gasteiger partial charge is 0.00236 e. The summed E-state index contributed by atoms with van der Waals surface area (Å²) in [6, 6.07) is 10.8. The second kappa shape index (κ2) is 7.47. The van der Waals surface area contributed by atoms with E-state index in [9.17, 15) is 0 Å². The number of hydrogen-bond donors (Lipinski definition) is 1. The van der Waals surface area contributed by atoms with Gasteiger partial charge in [-0.3, -0.25) is 0 Å². The molecule has 84 valence electrons. The monoisotopic (exact) mass is 205 g/mol. The van der Waals surface area contributed by atoms with Gasteiger partial charge in [-0.05, 0) is 44.3 Å². The molecule has 1 heteroatoms. The summed E-state index contributed by atoms with van der Waals surface area (Å²) in [5, 5.41) is 3.27. The highest BCUT2D eigenvalue weighted by molar-refractivity contribution is 5.14. The normalized spacial score (nSPS) is 12.7. The molecule has 0 spiro atoms. The third kappa shape index (κ3) is 4.98. The lowest BCUT2D eigenvalue weighted by Gasteiger charge is -2.13. The Morgan fingerprint density at radius 2 is 1.93 bits per heavy atom. The Labute approximate surface area is 93.9 Å². The third-order valence-corrected chi connectivity index (χ3v) is 2.99. The minimum Gasteiger partial charge on any atom is -0.319 e. The van der Waals surface area contributed by atoms with Gasteiger partial charge in [0.05, 0.1) is 0 Å². The van der Waals surface area contributed by atoms with Crippen molar-refractivity contribution in [2.45, 2.75) is 32.6 Å². The number of rotatable bonds is 7. The zero-order valence-corrected chi connectivity index (χ0v) is 10.00. The molecule has 1 rings (SSSR count). The van der Waals surface area contributed by atoms with Crippen molar-refractivity contribution in [3.63, 3.8) is 0 Å². The van der Waals surface area contributed by atoms with E-state index in [4.69, 9.17) is 0 Å². The third-order valence-electron chi connectivity index (χ3n) is 2.99. The van der Waals surface area contributed by atoms with Crippen molar-refractivity contribution in [1.82, 2.24) is 5.32 Å². The largest absolute Gasteiger partial charge is 0.319 e. The Morgan fingerprint density at radius 3 is 2.53 bits per heavy atom. The predicted molar refractivity (Wildman–Crippen MR) is 67.1 cm³/mol. The number of aryl methyl sites for hydroxylation is 1. The van der Waals surface area contributed by atoms with Gasteiger partial charge in [-0.25, -0.2) is 0 Å². The van der Waals surface area contributed by atoms with Crippen LogP contribution in [-0.4, -0.2) is 13.6 Å². The first-order valence-electron chi connectivity index (χ1n) is 6.05. The molecule has 1 N–H and O–H groups in total. The maximum Gasteiger partial charge on any atom is -0.00236 e. The fraction of sp³-hybridized carbons (Fsp3) is 0.571. The highest BCUT2D eigenvalue weighted by Crippen LogP contribution is 2.12. The van der Waals surface area contributed by atoms with Crippen molar-refractivity contribution in [3.05, 3.63) is 35.9 Å². The molecule has 0 aliphatic rings. The fourth-order valence-corrected chi connectivity index (χ4v) is 1.98. The van der Waals surface area contributed by atoms with Gasteiger partial charge in [-0.2, -0.15) is 0 Å². The van der Waals surface area contributed by atoms with Crippen molar-refractivity contribution in [1.29, 1.82) is 0 Å². The lowest BCUT2D eigenvalue weighted by atomic mass is 9.97. The molecule has 0 saturated carbocycles. The van der Waals surface area contributed by atoms with Gasteiger partial charge < -0.3 is 5.32 Å². The lowest BCUT2D eigenvalue weighted by Crippen LogP contribution is -2.18. The van der Waals surface area contributed by atoms with Gasteiger partial charge in [0.15, 0.2) is 0 Å². The highest BCUT2D eigenvalue weighted by Gasteiger charge is 2.04. The molecule has 0 aromatic heterocycles. The van der Waals surface area contributed by atoms with E-state index in [1.54, 1.807) is 0 Å². The zero-order chi connectivity index (χ0) is 10.9.